The van der Waals surface area contributed by atoms with Gasteiger partial charge in [0.25, 0.3) is 0 Å². The molecule has 2 aliphatic heterocycles. The van der Waals surface area contributed by atoms with Crippen LogP contribution in [0.25, 0.3) is 0 Å². The number of aliphatic hydroxyl groups is 5. The summed E-state index contributed by atoms with van der Waals surface area (Å²) in [5.41, 5.74) is 7.91. The van der Waals surface area contributed by atoms with Gasteiger partial charge in [-0.25, -0.2) is 0 Å². The molecule has 10 nitrogen and oxygen atoms in total. The summed E-state index contributed by atoms with van der Waals surface area (Å²) in [5.74, 6) is 1.59. The Balaban J connectivity index is 0.000000194. The third-order valence-electron chi connectivity index (χ3n) is 12.1. The van der Waals surface area contributed by atoms with Gasteiger partial charge in [-0.05, 0) is 60.2 Å². The molecule has 12 heteroatoms. The van der Waals surface area contributed by atoms with Gasteiger partial charge in [0.2, 0.25) is 0 Å². The summed E-state index contributed by atoms with van der Waals surface area (Å²) in [4.78, 5) is 0. The van der Waals surface area contributed by atoms with E-state index in [9.17, 15) is 5.11 Å². The van der Waals surface area contributed by atoms with Gasteiger partial charge in [0, 0.05) is 54.9 Å². The molecule has 2 saturated heterocycles. The van der Waals surface area contributed by atoms with Gasteiger partial charge in [-0.15, -0.1) is 0 Å². The average Bonchev–Trinajstić information content (AvgIpc) is 4.10. The maximum Gasteiger partial charge on any atom is 0.183 e. The second-order valence-electron chi connectivity index (χ2n) is 15.3. The smallest absolute Gasteiger partial charge is 0.183 e. The van der Waals surface area contributed by atoms with Gasteiger partial charge in [-0.3, -0.25) is 0 Å². The van der Waals surface area contributed by atoms with Gasteiger partial charge in [-0.1, -0.05) is 101 Å². The first kappa shape index (κ1) is 46.6. The van der Waals surface area contributed by atoms with Crippen molar-refractivity contribution in [3.8, 4) is 0 Å². The van der Waals surface area contributed by atoms with Gasteiger partial charge < -0.3 is 50.2 Å². The van der Waals surface area contributed by atoms with Crippen LogP contribution < -0.4 is 5.73 Å². The third kappa shape index (κ3) is 11.6. The minimum Gasteiger partial charge on any atom is -0.396 e. The van der Waals surface area contributed by atoms with Gasteiger partial charge in [0.05, 0.1) is 48.7 Å². The largest absolute Gasteiger partial charge is 0.396 e. The normalized spacial score (nSPS) is 36.1. The standard InChI is InChI=1S/C13H17NO2.C13H16O3.2C6H11BO2.2C2H6/c2*14-8-13-6-11(13)7-15-12(16-9-13)10-4-2-1-3-5-10;2*7-3-6(4-9)1-5(6)2-8;2*1-2/h1-5,11-12H,6-9,14H2;1-5,11-12,14H,6-9H2;2*5,8-9H,1-4H2;2*1-2H3/t2*11-,12?,13-;2*5-,6-;;/m0000../s1. The second kappa shape index (κ2) is 22.2. The zero-order valence-electron chi connectivity index (χ0n) is 33.2. The fourth-order valence-corrected chi connectivity index (χ4v) is 7.23. The molecular formula is C42H67B2NO9. The van der Waals surface area contributed by atoms with Gasteiger partial charge in [0.1, 0.15) is 0 Å². The highest BCUT2D eigenvalue weighted by atomic mass is 16.7. The Hall–Kier alpha value is -1.83. The SMILES string of the molecule is CC.CC.NC[C@@]12COC(c3ccccc3)OC[C@@H]1C2.OC[C@@]12COC(c3ccccc3)OC[C@@H]1C2.[B]C[C@]1(CO)C[C@H]1CO.[B]C[C@]1(CO)C[C@H]1CO. The Labute approximate surface area is 326 Å². The Bertz CT molecular complexity index is 1210. The summed E-state index contributed by atoms with van der Waals surface area (Å²) in [7, 11) is 10.7. The zero-order chi connectivity index (χ0) is 39.8. The average molecular weight is 752 g/mol. The molecule has 4 aliphatic carbocycles. The Kier molecular flexibility index (Phi) is 19.1. The summed E-state index contributed by atoms with van der Waals surface area (Å²) in [5, 5.41) is 44.1. The molecule has 0 aromatic heterocycles. The van der Waals surface area contributed by atoms with E-state index in [1.165, 1.54) is 0 Å². The first-order chi connectivity index (χ1) is 26.3. The number of nitrogens with two attached hydrogens (primary N) is 1. The Morgan fingerprint density at radius 1 is 0.574 bits per heavy atom. The lowest BCUT2D eigenvalue weighted by atomic mass is 9.87. The van der Waals surface area contributed by atoms with Gasteiger partial charge in [-0.2, -0.15) is 0 Å². The first-order valence-corrected chi connectivity index (χ1v) is 20.0. The predicted octanol–water partition coefficient (Wildman–Crippen LogP) is 4.61. The number of benzene rings is 2. The lowest BCUT2D eigenvalue weighted by Gasteiger charge is -2.18. The molecule has 2 aromatic carbocycles. The van der Waals surface area contributed by atoms with E-state index >= 15 is 0 Å². The number of aliphatic hydroxyl groups excluding tert-OH is 5. The molecule has 0 bridgehead atoms. The van der Waals surface area contributed by atoms with Crippen LogP contribution in [-0.4, -0.2) is 107 Å². The van der Waals surface area contributed by atoms with Crippen molar-refractivity contribution in [3.05, 3.63) is 71.8 Å². The van der Waals surface area contributed by atoms with E-state index in [4.69, 9.17) is 60.8 Å². The van der Waals surface area contributed by atoms with Crippen LogP contribution in [-0.2, 0) is 18.9 Å². The third-order valence-corrected chi connectivity index (χ3v) is 12.1. The molecule has 4 radical (unpaired) electrons. The van der Waals surface area contributed by atoms with E-state index in [2.05, 4.69) is 0 Å². The van der Waals surface area contributed by atoms with Crippen LogP contribution in [0.5, 0.6) is 0 Å². The molecule has 0 amide bonds. The number of rotatable bonds is 10. The lowest BCUT2D eigenvalue weighted by molar-refractivity contribution is -0.143. The number of hydrogen-bond donors (Lipinski definition) is 6. The van der Waals surface area contributed by atoms with E-state index in [0.29, 0.717) is 44.2 Å². The quantitative estimate of drug-likeness (QED) is 0.189. The van der Waals surface area contributed by atoms with Crippen LogP contribution in [0.4, 0.5) is 0 Å². The van der Waals surface area contributed by atoms with E-state index < -0.39 is 0 Å². The highest BCUT2D eigenvalue weighted by molar-refractivity contribution is 6.09. The molecule has 54 heavy (non-hydrogen) atoms. The van der Waals surface area contributed by atoms with Crippen molar-refractivity contribution in [1.82, 2.24) is 0 Å². The molecule has 2 heterocycles. The summed E-state index contributed by atoms with van der Waals surface area (Å²) >= 11 is 0. The molecule has 0 spiro atoms. The lowest BCUT2D eigenvalue weighted by Crippen LogP contribution is -2.23. The van der Waals surface area contributed by atoms with E-state index in [1.54, 1.807) is 0 Å². The molecule has 6 fully saturated rings. The number of ether oxygens (including phenoxy) is 4. The molecule has 8 rings (SSSR count). The summed E-state index contributed by atoms with van der Waals surface area (Å²) in [6.45, 7) is 12.3. The van der Waals surface area contributed by atoms with Crippen LogP contribution in [0.3, 0.4) is 0 Å². The maximum absolute atomic E-state index is 9.34. The molecule has 6 aliphatic rings. The number of fused-ring (bicyclic) bond motifs is 2. The van der Waals surface area contributed by atoms with Crippen molar-refractivity contribution in [1.29, 1.82) is 0 Å². The van der Waals surface area contributed by atoms with Crippen molar-refractivity contribution in [3.63, 3.8) is 0 Å². The van der Waals surface area contributed by atoms with Crippen LogP contribution >= 0.6 is 0 Å². The summed E-state index contributed by atoms with van der Waals surface area (Å²) in [6, 6.07) is 20.0. The number of hydrogen-bond acceptors (Lipinski definition) is 10. The highest BCUT2D eigenvalue weighted by Crippen LogP contribution is 2.56. The van der Waals surface area contributed by atoms with Crippen molar-refractivity contribution in [2.24, 2.45) is 51.1 Å². The van der Waals surface area contributed by atoms with Crippen molar-refractivity contribution in [2.45, 2.75) is 78.6 Å². The van der Waals surface area contributed by atoms with E-state index in [1.807, 2.05) is 88.4 Å². The Morgan fingerprint density at radius 2 is 0.963 bits per heavy atom. The van der Waals surface area contributed by atoms with Crippen molar-refractivity contribution < 1.29 is 44.5 Å². The molecule has 2 aromatic rings. The zero-order valence-corrected chi connectivity index (χ0v) is 33.2. The van der Waals surface area contributed by atoms with E-state index in [-0.39, 0.29) is 79.1 Å². The maximum atomic E-state index is 9.34. The summed E-state index contributed by atoms with van der Waals surface area (Å²) < 4.78 is 23.1. The molecule has 300 valence electrons. The van der Waals surface area contributed by atoms with Crippen LogP contribution in [0.2, 0.25) is 12.6 Å². The summed E-state index contributed by atoms with van der Waals surface area (Å²) in [6.07, 6.45) is 4.47. The molecule has 2 unspecified atom stereocenters. The predicted molar refractivity (Wildman–Crippen MR) is 213 cm³/mol. The fourth-order valence-electron chi connectivity index (χ4n) is 7.23. The fraction of sp³-hybridized carbons (Fsp3) is 0.714. The second-order valence-corrected chi connectivity index (χ2v) is 15.3. The molecule has 4 saturated carbocycles. The topological polar surface area (TPSA) is 164 Å². The molecule has 7 N–H and O–H groups in total. The Morgan fingerprint density at radius 3 is 1.28 bits per heavy atom. The van der Waals surface area contributed by atoms with Crippen LogP contribution in [0.15, 0.2) is 60.7 Å². The minimum atomic E-state index is -0.266. The van der Waals surface area contributed by atoms with Gasteiger partial charge in [0.15, 0.2) is 12.6 Å². The molecular weight excluding hydrogens is 684 g/mol. The first-order valence-electron chi connectivity index (χ1n) is 20.0. The van der Waals surface area contributed by atoms with Crippen molar-refractivity contribution >= 4 is 15.7 Å². The minimum absolute atomic E-state index is 0.0104. The van der Waals surface area contributed by atoms with Crippen LogP contribution in [0, 0.1) is 45.3 Å². The van der Waals surface area contributed by atoms with Gasteiger partial charge >= 0.3 is 0 Å². The van der Waals surface area contributed by atoms with E-state index in [0.717, 1.165) is 50.0 Å². The van der Waals surface area contributed by atoms with Crippen molar-refractivity contribution in [2.75, 3.05) is 66.0 Å². The molecule has 10 atom stereocenters. The monoisotopic (exact) mass is 752 g/mol. The van der Waals surface area contributed by atoms with Crippen LogP contribution in [0.1, 0.15) is 77.1 Å². The highest BCUT2D eigenvalue weighted by Gasteiger charge is 2.56.